The van der Waals surface area contributed by atoms with Crippen LogP contribution in [0.1, 0.15) is 6.92 Å². The van der Waals surface area contributed by atoms with Gasteiger partial charge in [-0.2, -0.15) is 4.98 Å². The monoisotopic (exact) mass is 198 g/mol. The van der Waals surface area contributed by atoms with Crippen LogP contribution in [0.5, 0.6) is 6.01 Å². The highest BCUT2D eigenvalue weighted by atomic mass is 35.5. The van der Waals surface area contributed by atoms with Crippen LogP contribution < -0.4 is 4.74 Å². The summed E-state index contributed by atoms with van der Waals surface area (Å²) in [5.41, 5.74) is 0.628. The zero-order valence-corrected chi connectivity index (χ0v) is 7.69. The fourth-order valence-electron chi connectivity index (χ4n) is 1.00. The van der Waals surface area contributed by atoms with E-state index in [1.807, 2.05) is 6.92 Å². The second-order valence-electron chi connectivity index (χ2n) is 2.35. The molecule has 6 heteroatoms. The molecule has 0 aliphatic rings. The summed E-state index contributed by atoms with van der Waals surface area (Å²) in [6.07, 6.45) is 1.53. The standard InChI is InChI=1S/C7H7ClN4O/c1-2-13-7-10-5(8)3-6-11-9-4-12(6)7/h3-4H,2H2,1H3. The average molecular weight is 199 g/mol. The third-order valence-electron chi connectivity index (χ3n) is 1.50. The lowest BCUT2D eigenvalue weighted by Gasteiger charge is -2.03. The molecule has 2 rings (SSSR count). The maximum Gasteiger partial charge on any atom is 0.304 e. The van der Waals surface area contributed by atoms with Gasteiger partial charge in [0, 0.05) is 6.07 Å². The summed E-state index contributed by atoms with van der Waals surface area (Å²) in [6, 6.07) is 2.03. The summed E-state index contributed by atoms with van der Waals surface area (Å²) in [5.74, 6) is 0. The van der Waals surface area contributed by atoms with Crippen LogP contribution >= 0.6 is 11.6 Å². The summed E-state index contributed by atoms with van der Waals surface area (Å²) < 4.78 is 6.88. The van der Waals surface area contributed by atoms with Crippen LogP contribution in [0.2, 0.25) is 5.15 Å². The summed E-state index contributed by atoms with van der Waals surface area (Å²) >= 11 is 5.74. The molecule has 2 aromatic rings. The predicted octanol–water partition coefficient (Wildman–Crippen LogP) is 1.18. The molecule has 2 heterocycles. The number of aromatic nitrogens is 4. The number of halogens is 1. The van der Waals surface area contributed by atoms with Gasteiger partial charge < -0.3 is 4.74 Å². The molecule has 0 bridgehead atoms. The van der Waals surface area contributed by atoms with Crippen molar-refractivity contribution in [2.45, 2.75) is 6.92 Å². The molecule has 0 saturated carbocycles. The van der Waals surface area contributed by atoms with Crippen molar-refractivity contribution < 1.29 is 4.74 Å². The minimum absolute atomic E-state index is 0.351. The van der Waals surface area contributed by atoms with E-state index in [-0.39, 0.29) is 0 Å². The van der Waals surface area contributed by atoms with E-state index >= 15 is 0 Å². The van der Waals surface area contributed by atoms with Crippen LogP contribution in [0.25, 0.3) is 5.65 Å². The topological polar surface area (TPSA) is 52.3 Å². The van der Waals surface area contributed by atoms with Crippen LogP contribution in [0.3, 0.4) is 0 Å². The van der Waals surface area contributed by atoms with Crippen LogP contribution in [-0.4, -0.2) is 26.2 Å². The van der Waals surface area contributed by atoms with Gasteiger partial charge in [-0.1, -0.05) is 11.6 Å². The zero-order valence-electron chi connectivity index (χ0n) is 6.94. The van der Waals surface area contributed by atoms with Gasteiger partial charge in [-0.25, -0.2) is 4.40 Å². The summed E-state index contributed by atoms with van der Waals surface area (Å²) in [5, 5.41) is 7.90. The van der Waals surface area contributed by atoms with E-state index in [2.05, 4.69) is 15.2 Å². The second-order valence-corrected chi connectivity index (χ2v) is 2.74. The van der Waals surface area contributed by atoms with E-state index in [0.29, 0.717) is 23.4 Å². The fraction of sp³-hybridized carbons (Fsp3) is 0.286. The predicted molar refractivity (Wildman–Crippen MR) is 47.0 cm³/mol. The smallest absolute Gasteiger partial charge is 0.304 e. The van der Waals surface area contributed by atoms with Gasteiger partial charge in [-0.3, -0.25) is 0 Å². The van der Waals surface area contributed by atoms with E-state index in [4.69, 9.17) is 16.3 Å². The largest absolute Gasteiger partial charge is 0.465 e. The summed E-state index contributed by atoms with van der Waals surface area (Å²) in [4.78, 5) is 3.99. The van der Waals surface area contributed by atoms with Crippen molar-refractivity contribution in [1.82, 2.24) is 19.6 Å². The molecule has 0 spiro atoms. The Labute approximate surface area is 79.3 Å². The Hall–Kier alpha value is -1.36. The molecule has 13 heavy (non-hydrogen) atoms. The highest BCUT2D eigenvalue weighted by molar-refractivity contribution is 6.29. The first-order valence-electron chi connectivity index (χ1n) is 3.80. The minimum Gasteiger partial charge on any atom is -0.465 e. The van der Waals surface area contributed by atoms with Crippen LogP contribution in [0, 0.1) is 0 Å². The van der Waals surface area contributed by atoms with E-state index in [9.17, 15) is 0 Å². The Kier molecular flexibility index (Phi) is 2.02. The minimum atomic E-state index is 0.351. The maximum absolute atomic E-state index is 5.74. The van der Waals surface area contributed by atoms with Gasteiger partial charge >= 0.3 is 6.01 Å². The Bertz CT molecular complexity index is 427. The Morgan fingerprint density at radius 2 is 2.46 bits per heavy atom. The van der Waals surface area contributed by atoms with Crippen LogP contribution in [0.15, 0.2) is 12.4 Å². The molecule has 0 aliphatic heterocycles. The third kappa shape index (κ3) is 1.42. The van der Waals surface area contributed by atoms with Crippen molar-refractivity contribution in [2.75, 3.05) is 6.61 Å². The van der Waals surface area contributed by atoms with Gasteiger partial charge in [0.1, 0.15) is 11.5 Å². The van der Waals surface area contributed by atoms with Crippen molar-refractivity contribution in [2.24, 2.45) is 0 Å². The van der Waals surface area contributed by atoms with Crippen molar-refractivity contribution in [3.05, 3.63) is 17.5 Å². The number of hydrogen-bond donors (Lipinski definition) is 0. The zero-order chi connectivity index (χ0) is 9.26. The molecule has 0 aliphatic carbocycles. The van der Waals surface area contributed by atoms with Gasteiger partial charge in [-0.05, 0) is 6.92 Å². The molecule has 68 valence electrons. The first-order valence-corrected chi connectivity index (χ1v) is 4.18. The molecular weight excluding hydrogens is 192 g/mol. The molecule has 0 N–H and O–H groups in total. The summed E-state index contributed by atoms with van der Waals surface area (Å²) in [6.45, 7) is 2.40. The Balaban J connectivity index is 2.63. The van der Waals surface area contributed by atoms with Crippen molar-refractivity contribution in [1.29, 1.82) is 0 Å². The van der Waals surface area contributed by atoms with Crippen LogP contribution in [-0.2, 0) is 0 Å². The number of ether oxygens (including phenoxy) is 1. The van der Waals surface area contributed by atoms with Gasteiger partial charge in [0.15, 0.2) is 5.65 Å². The molecule has 0 amide bonds. The lowest BCUT2D eigenvalue weighted by Crippen LogP contribution is -2.00. The van der Waals surface area contributed by atoms with E-state index in [1.54, 1.807) is 10.5 Å². The highest BCUT2D eigenvalue weighted by Gasteiger charge is 2.05. The van der Waals surface area contributed by atoms with Gasteiger partial charge in [0.25, 0.3) is 0 Å². The number of rotatable bonds is 2. The molecule has 0 fully saturated rings. The molecule has 0 radical (unpaired) electrons. The molecular formula is C7H7ClN4O. The third-order valence-corrected chi connectivity index (χ3v) is 1.70. The molecule has 0 saturated heterocycles. The van der Waals surface area contributed by atoms with Crippen molar-refractivity contribution >= 4 is 17.2 Å². The number of nitrogens with zero attached hydrogens (tertiary/aromatic N) is 4. The molecule has 0 aromatic carbocycles. The second kappa shape index (κ2) is 3.18. The van der Waals surface area contributed by atoms with Crippen LogP contribution in [0.4, 0.5) is 0 Å². The maximum atomic E-state index is 5.74. The van der Waals surface area contributed by atoms with E-state index in [0.717, 1.165) is 0 Å². The number of hydrogen-bond acceptors (Lipinski definition) is 4. The summed E-state index contributed by atoms with van der Waals surface area (Å²) in [7, 11) is 0. The van der Waals surface area contributed by atoms with E-state index < -0.39 is 0 Å². The molecule has 5 nitrogen and oxygen atoms in total. The normalized spacial score (nSPS) is 10.6. The first kappa shape index (κ1) is 8.25. The average Bonchev–Trinajstić information content (AvgIpc) is 2.52. The molecule has 0 atom stereocenters. The van der Waals surface area contributed by atoms with E-state index in [1.165, 1.54) is 6.33 Å². The Morgan fingerprint density at radius 1 is 1.62 bits per heavy atom. The van der Waals surface area contributed by atoms with Crippen molar-refractivity contribution in [3.8, 4) is 6.01 Å². The quantitative estimate of drug-likeness (QED) is 0.680. The van der Waals surface area contributed by atoms with Gasteiger partial charge in [0.05, 0.1) is 6.61 Å². The van der Waals surface area contributed by atoms with Crippen molar-refractivity contribution in [3.63, 3.8) is 0 Å². The van der Waals surface area contributed by atoms with Gasteiger partial charge in [0.2, 0.25) is 0 Å². The fourth-order valence-corrected chi connectivity index (χ4v) is 1.17. The number of fused-ring (bicyclic) bond motifs is 1. The SMILES string of the molecule is CCOc1nc(Cl)cc2nncn12. The lowest BCUT2D eigenvalue weighted by molar-refractivity contribution is 0.308. The van der Waals surface area contributed by atoms with Gasteiger partial charge in [-0.15, -0.1) is 10.2 Å². The molecule has 2 aromatic heterocycles. The first-order chi connectivity index (χ1) is 6.31. The molecule has 0 unspecified atom stereocenters. The Morgan fingerprint density at radius 3 is 3.23 bits per heavy atom. The highest BCUT2D eigenvalue weighted by Crippen LogP contribution is 2.15. The lowest BCUT2D eigenvalue weighted by atomic mass is 10.6.